The van der Waals surface area contributed by atoms with E-state index in [1.807, 2.05) is 79.3 Å². The number of allylic oxidation sites excluding steroid dienone is 1. The number of carbonyl (C=O) groups excluding carboxylic acids is 1. The third kappa shape index (κ3) is 4.94. The van der Waals surface area contributed by atoms with Gasteiger partial charge in [0.25, 0.3) is 0 Å². The Morgan fingerprint density at radius 2 is 1.74 bits per heavy atom. The van der Waals surface area contributed by atoms with E-state index < -0.39 is 0 Å². The fourth-order valence-corrected chi connectivity index (χ4v) is 3.00. The second-order valence-electron chi connectivity index (χ2n) is 6.53. The molecule has 0 saturated heterocycles. The lowest BCUT2D eigenvalue weighted by Gasteiger charge is -2.06. The van der Waals surface area contributed by atoms with E-state index in [-0.39, 0.29) is 5.91 Å². The van der Waals surface area contributed by atoms with Crippen LogP contribution < -0.4 is 5.32 Å². The van der Waals surface area contributed by atoms with Crippen LogP contribution in [0.3, 0.4) is 0 Å². The molecule has 0 aliphatic heterocycles. The lowest BCUT2D eigenvalue weighted by Crippen LogP contribution is -2.23. The summed E-state index contributed by atoms with van der Waals surface area (Å²) >= 11 is 0. The number of rotatable bonds is 7. The standard InChI is InChI=1S/C23H25N3O/c1-3-10-18(2)23(27)24-15-21-17-26(16-19-11-6-4-7-12-19)25-22(21)20-13-8-5-9-14-20/h4-14,17H,3,15-16H2,1-2H3,(H,24,27). The maximum Gasteiger partial charge on any atom is 0.246 e. The topological polar surface area (TPSA) is 46.9 Å². The van der Waals surface area contributed by atoms with Gasteiger partial charge in [-0.1, -0.05) is 73.7 Å². The van der Waals surface area contributed by atoms with E-state index in [9.17, 15) is 4.79 Å². The summed E-state index contributed by atoms with van der Waals surface area (Å²) in [6, 6.07) is 20.3. The van der Waals surface area contributed by atoms with Crippen LogP contribution in [0.5, 0.6) is 0 Å². The van der Waals surface area contributed by atoms with Crippen LogP contribution in [-0.2, 0) is 17.9 Å². The first-order valence-corrected chi connectivity index (χ1v) is 9.28. The number of nitrogens with zero attached hydrogens (tertiary/aromatic N) is 2. The number of benzene rings is 2. The Balaban J connectivity index is 1.84. The SMILES string of the molecule is CCC=C(C)C(=O)NCc1cn(Cc2ccccc2)nc1-c1ccccc1. The van der Waals surface area contributed by atoms with Crippen LogP contribution in [0.1, 0.15) is 31.4 Å². The van der Waals surface area contributed by atoms with Gasteiger partial charge in [-0.25, -0.2) is 0 Å². The Morgan fingerprint density at radius 3 is 2.41 bits per heavy atom. The van der Waals surface area contributed by atoms with Crippen molar-refractivity contribution in [3.05, 3.63) is 89.6 Å². The molecule has 138 valence electrons. The maximum absolute atomic E-state index is 12.2. The summed E-state index contributed by atoms with van der Waals surface area (Å²) in [4.78, 5) is 12.2. The zero-order chi connectivity index (χ0) is 19.1. The minimum Gasteiger partial charge on any atom is -0.348 e. The molecule has 1 N–H and O–H groups in total. The lowest BCUT2D eigenvalue weighted by atomic mass is 10.1. The highest BCUT2D eigenvalue weighted by Crippen LogP contribution is 2.22. The first-order valence-electron chi connectivity index (χ1n) is 9.28. The summed E-state index contributed by atoms with van der Waals surface area (Å²) in [5.74, 6) is -0.0355. The first kappa shape index (κ1) is 18.6. The highest BCUT2D eigenvalue weighted by Gasteiger charge is 2.13. The Kier molecular flexibility index (Phi) is 6.21. The molecule has 1 aromatic heterocycles. The van der Waals surface area contributed by atoms with Crippen molar-refractivity contribution < 1.29 is 4.79 Å². The van der Waals surface area contributed by atoms with Gasteiger partial charge in [-0.3, -0.25) is 9.48 Å². The predicted octanol–water partition coefficient (Wildman–Crippen LogP) is 4.57. The maximum atomic E-state index is 12.2. The summed E-state index contributed by atoms with van der Waals surface area (Å²) in [7, 11) is 0. The molecule has 1 amide bonds. The monoisotopic (exact) mass is 359 g/mol. The lowest BCUT2D eigenvalue weighted by molar-refractivity contribution is -0.117. The molecule has 4 heteroatoms. The molecule has 1 heterocycles. The van der Waals surface area contributed by atoms with Gasteiger partial charge in [0.05, 0.1) is 12.2 Å². The fourth-order valence-electron chi connectivity index (χ4n) is 3.00. The van der Waals surface area contributed by atoms with E-state index in [1.165, 1.54) is 5.56 Å². The van der Waals surface area contributed by atoms with Crippen LogP contribution in [-0.4, -0.2) is 15.7 Å². The number of aromatic nitrogens is 2. The van der Waals surface area contributed by atoms with E-state index in [4.69, 9.17) is 5.10 Å². The quantitative estimate of drug-likeness (QED) is 0.628. The second kappa shape index (κ2) is 8.99. The van der Waals surface area contributed by atoms with Gasteiger partial charge in [-0.05, 0) is 18.9 Å². The molecule has 0 spiro atoms. The van der Waals surface area contributed by atoms with Gasteiger partial charge in [0.15, 0.2) is 0 Å². The zero-order valence-electron chi connectivity index (χ0n) is 15.9. The molecule has 0 unspecified atom stereocenters. The number of hydrogen-bond donors (Lipinski definition) is 1. The largest absolute Gasteiger partial charge is 0.348 e. The Labute approximate surface area is 160 Å². The number of carbonyl (C=O) groups is 1. The zero-order valence-corrected chi connectivity index (χ0v) is 15.9. The average Bonchev–Trinajstić information content (AvgIpc) is 3.10. The highest BCUT2D eigenvalue weighted by atomic mass is 16.1. The smallest absolute Gasteiger partial charge is 0.246 e. The average molecular weight is 359 g/mol. The molecule has 0 aliphatic rings. The Bertz CT molecular complexity index is 911. The Hall–Kier alpha value is -3.14. The van der Waals surface area contributed by atoms with Gasteiger partial charge >= 0.3 is 0 Å². The third-order valence-corrected chi connectivity index (χ3v) is 4.38. The van der Waals surface area contributed by atoms with Gasteiger partial charge in [-0.2, -0.15) is 5.10 Å². The number of nitrogens with one attached hydrogen (secondary N) is 1. The molecule has 4 nitrogen and oxygen atoms in total. The summed E-state index contributed by atoms with van der Waals surface area (Å²) < 4.78 is 1.94. The van der Waals surface area contributed by atoms with Crippen LogP contribution in [0.25, 0.3) is 11.3 Å². The van der Waals surface area contributed by atoms with E-state index in [2.05, 4.69) is 17.4 Å². The molecule has 0 aliphatic carbocycles. The van der Waals surface area contributed by atoms with Crippen LogP contribution in [0.15, 0.2) is 78.5 Å². The van der Waals surface area contributed by atoms with Crippen LogP contribution in [0.2, 0.25) is 0 Å². The van der Waals surface area contributed by atoms with Gasteiger partial charge < -0.3 is 5.32 Å². The molecule has 3 rings (SSSR count). The summed E-state index contributed by atoms with van der Waals surface area (Å²) in [5, 5.41) is 7.80. The highest BCUT2D eigenvalue weighted by molar-refractivity contribution is 5.92. The molecule has 0 radical (unpaired) electrons. The molecule has 3 aromatic rings. The molecule has 27 heavy (non-hydrogen) atoms. The van der Waals surface area contributed by atoms with Crippen molar-refractivity contribution in [2.24, 2.45) is 0 Å². The second-order valence-corrected chi connectivity index (χ2v) is 6.53. The normalized spacial score (nSPS) is 11.4. The Morgan fingerprint density at radius 1 is 1.07 bits per heavy atom. The molecular formula is C23H25N3O. The van der Waals surface area contributed by atoms with Crippen LogP contribution in [0, 0.1) is 0 Å². The van der Waals surface area contributed by atoms with Crippen molar-refractivity contribution in [3.8, 4) is 11.3 Å². The van der Waals surface area contributed by atoms with Crippen molar-refractivity contribution in [2.45, 2.75) is 33.4 Å². The summed E-state index contributed by atoms with van der Waals surface area (Å²) in [6.07, 6.45) is 4.81. The minimum absolute atomic E-state index is 0.0355. The van der Waals surface area contributed by atoms with E-state index in [0.717, 1.165) is 28.8 Å². The van der Waals surface area contributed by atoms with Crippen LogP contribution in [0.4, 0.5) is 0 Å². The van der Waals surface area contributed by atoms with Gasteiger partial charge in [0.1, 0.15) is 0 Å². The molecule has 0 fully saturated rings. The summed E-state index contributed by atoms with van der Waals surface area (Å²) in [6.45, 7) is 5.02. The minimum atomic E-state index is -0.0355. The fraction of sp³-hybridized carbons (Fsp3) is 0.217. The molecule has 2 aromatic carbocycles. The third-order valence-electron chi connectivity index (χ3n) is 4.38. The van der Waals surface area contributed by atoms with Crippen molar-refractivity contribution in [1.29, 1.82) is 0 Å². The van der Waals surface area contributed by atoms with E-state index in [1.54, 1.807) is 0 Å². The molecular weight excluding hydrogens is 334 g/mol. The van der Waals surface area contributed by atoms with Crippen molar-refractivity contribution in [1.82, 2.24) is 15.1 Å². The van der Waals surface area contributed by atoms with Gasteiger partial charge in [0.2, 0.25) is 5.91 Å². The van der Waals surface area contributed by atoms with Crippen molar-refractivity contribution in [2.75, 3.05) is 0 Å². The summed E-state index contributed by atoms with van der Waals surface area (Å²) in [5.41, 5.74) is 4.90. The molecule has 0 bridgehead atoms. The van der Waals surface area contributed by atoms with E-state index in [0.29, 0.717) is 13.1 Å². The van der Waals surface area contributed by atoms with Crippen molar-refractivity contribution in [3.63, 3.8) is 0 Å². The number of hydrogen-bond acceptors (Lipinski definition) is 2. The first-order chi connectivity index (χ1) is 13.2. The van der Waals surface area contributed by atoms with Crippen molar-refractivity contribution >= 4 is 5.91 Å². The molecule has 0 saturated carbocycles. The van der Waals surface area contributed by atoms with Gasteiger partial charge in [0, 0.05) is 29.4 Å². The van der Waals surface area contributed by atoms with Crippen LogP contribution >= 0.6 is 0 Å². The number of amides is 1. The van der Waals surface area contributed by atoms with Gasteiger partial charge in [-0.15, -0.1) is 0 Å². The molecule has 0 atom stereocenters. The van der Waals surface area contributed by atoms with E-state index >= 15 is 0 Å². The predicted molar refractivity (Wildman–Crippen MR) is 109 cm³/mol.